The summed E-state index contributed by atoms with van der Waals surface area (Å²) in [5, 5.41) is 11.0. The summed E-state index contributed by atoms with van der Waals surface area (Å²) >= 11 is 0. The SMILES string of the molecule is CCOC(=O)C(CCc1ccccc1)[NH2+]C(C)C(=O)N1CCCC1C(=O)O. The van der Waals surface area contributed by atoms with Gasteiger partial charge >= 0.3 is 11.9 Å². The Morgan fingerprint density at radius 1 is 1.30 bits per heavy atom. The van der Waals surface area contributed by atoms with Gasteiger partial charge < -0.3 is 20.1 Å². The lowest BCUT2D eigenvalue weighted by Crippen LogP contribution is -2.98. The molecule has 1 saturated heterocycles. The van der Waals surface area contributed by atoms with Gasteiger partial charge in [0.25, 0.3) is 5.91 Å². The number of hydrogen-bond donors (Lipinski definition) is 2. The first-order valence-corrected chi connectivity index (χ1v) is 9.52. The van der Waals surface area contributed by atoms with Gasteiger partial charge in [-0.3, -0.25) is 4.79 Å². The predicted molar refractivity (Wildman–Crippen MR) is 98.9 cm³/mol. The van der Waals surface area contributed by atoms with E-state index in [0.717, 1.165) is 5.56 Å². The van der Waals surface area contributed by atoms with Crippen LogP contribution in [0.15, 0.2) is 30.3 Å². The molecule has 0 saturated carbocycles. The van der Waals surface area contributed by atoms with Crippen LogP contribution in [-0.2, 0) is 25.5 Å². The lowest BCUT2D eigenvalue weighted by Gasteiger charge is -2.25. The third kappa shape index (κ3) is 5.79. The molecule has 3 unspecified atom stereocenters. The predicted octanol–water partition coefficient (Wildman–Crippen LogP) is 0.578. The molecule has 1 amide bonds. The number of carboxylic acid groups (broad SMARTS) is 1. The maximum atomic E-state index is 12.7. The summed E-state index contributed by atoms with van der Waals surface area (Å²) in [7, 11) is 0. The second-order valence-corrected chi connectivity index (χ2v) is 6.89. The average molecular weight is 377 g/mol. The number of benzene rings is 1. The number of nitrogens with zero attached hydrogens (tertiary/aromatic N) is 1. The number of esters is 1. The van der Waals surface area contributed by atoms with Crippen LogP contribution in [0.1, 0.15) is 38.7 Å². The van der Waals surface area contributed by atoms with Crippen LogP contribution in [0.5, 0.6) is 0 Å². The van der Waals surface area contributed by atoms with Gasteiger partial charge in [0.1, 0.15) is 6.04 Å². The van der Waals surface area contributed by atoms with Gasteiger partial charge in [-0.2, -0.15) is 0 Å². The second kappa shape index (κ2) is 10.1. The number of aliphatic carboxylic acids is 1. The van der Waals surface area contributed by atoms with E-state index in [9.17, 15) is 19.5 Å². The number of hydrogen-bond acceptors (Lipinski definition) is 4. The van der Waals surface area contributed by atoms with Crippen LogP contribution in [0.3, 0.4) is 0 Å². The molecule has 1 aromatic carbocycles. The molecule has 1 aliphatic heterocycles. The van der Waals surface area contributed by atoms with E-state index in [0.29, 0.717) is 32.2 Å². The normalized spacial score (nSPS) is 18.7. The summed E-state index contributed by atoms with van der Waals surface area (Å²) in [6.45, 7) is 4.20. The molecule has 0 bridgehead atoms. The summed E-state index contributed by atoms with van der Waals surface area (Å²) in [6.07, 6.45) is 2.40. The molecule has 0 aromatic heterocycles. The summed E-state index contributed by atoms with van der Waals surface area (Å²) in [6, 6.07) is 8.02. The van der Waals surface area contributed by atoms with E-state index in [1.165, 1.54) is 4.90 Å². The van der Waals surface area contributed by atoms with Crippen LogP contribution >= 0.6 is 0 Å². The van der Waals surface area contributed by atoms with E-state index in [4.69, 9.17) is 4.74 Å². The molecule has 3 atom stereocenters. The van der Waals surface area contributed by atoms with Crippen molar-refractivity contribution in [2.24, 2.45) is 0 Å². The van der Waals surface area contributed by atoms with E-state index >= 15 is 0 Å². The fourth-order valence-corrected chi connectivity index (χ4v) is 3.49. The minimum absolute atomic E-state index is 0.242. The van der Waals surface area contributed by atoms with Crippen molar-refractivity contribution >= 4 is 17.8 Å². The van der Waals surface area contributed by atoms with Gasteiger partial charge in [-0.1, -0.05) is 30.3 Å². The first kappa shape index (κ1) is 20.9. The molecule has 0 spiro atoms. The molecular formula is C20H29N2O5+. The number of carbonyl (C=O) groups is 3. The number of quaternary nitrogens is 1. The number of carbonyl (C=O) groups excluding carboxylic acids is 2. The molecule has 7 heteroatoms. The number of likely N-dealkylation sites (tertiary alicyclic amines) is 1. The monoisotopic (exact) mass is 377 g/mol. The van der Waals surface area contributed by atoms with Gasteiger partial charge in [-0.05, 0) is 38.7 Å². The van der Waals surface area contributed by atoms with Gasteiger partial charge in [0.05, 0.1) is 6.61 Å². The van der Waals surface area contributed by atoms with Crippen LogP contribution < -0.4 is 5.32 Å². The lowest BCUT2D eigenvalue weighted by atomic mass is 10.0. The van der Waals surface area contributed by atoms with E-state index in [1.807, 2.05) is 30.3 Å². The molecule has 0 radical (unpaired) electrons. The highest BCUT2D eigenvalue weighted by molar-refractivity contribution is 5.86. The van der Waals surface area contributed by atoms with E-state index < -0.39 is 24.1 Å². The highest BCUT2D eigenvalue weighted by atomic mass is 16.5. The molecule has 2 rings (SSSR count). The van der Waals surface area contributed by atoms with Crippen molar-refractivity contribution in [1.82, 2.24) is 4.90 Å². The van der Waals surface area contributed by atoms with E-state index in [-0.39, 0.29) is 18.5 Å². The van der Waals surface area contributed by atoms with Gasteiger partial charge in [0, 0.05) is 13.0 Å². The quantitative estimate of drug-likeness (QED) is 0.613. The number of ether oxygens (including phenoxy) is 1. The zero-order valence-electron chi connectivity index (χ0n) is 16.0. The Kier molecular flexibility index (Phi) is 7.79. The fraction of sp³-hybridized carbons (Fsp3) is 0.550. The third-order valence-electron chi connectivity index (χ3n) is 4.91. The Labute approximate surface area is 159 Å². The summed E-state index contributed by atoms with van der Waals surface area (Å²) in [5.74, 6) is -1.56. The number of amides is 1. The fourth-order valence-electron chi connectivity index (χ4n) is 3.49. The maximum absolute atomic E-state index is 12.7. The third-order valence-corrected chi connectivity index (χ3v) is 4.91. The van der Waals surface area contributed by atoms with Crippen molar-refractivity contribution < 1.29 is 29.5 Å². The molecule has 148 valence electrons. The Morgan fingerprint density at radius 3 is 2.63 bits per heavy atom. The molecule has 7 nitrogen and oxygen atoms in total. The van der Waals surface area contributed by atoms with Crippen LogP contribution in [0, 0.1) is 0 Å². The first-order valence-electron chi connectivity index (χ1n) is 9.52. The minimum atomic E-state index is -0.973. The van der Waals surface area contributed by atoms with Crippen molar-refractivity contribution in [1.29, 1.82) is 0 Å². The topological polar surface area (TPSA) is 101 Å². The van der Waals surface area contributed by atoms with Gasteiger partial charge in [0.2, 0.25) is 0 Å². The van der Waals surface area contributed by atoms with Crippen molar-refractivity contribution in [2.45, 2.75) is 57.7 Å². The maximum Gasteiger partial charge on any atom is 0.364 e. The highest BCUT2D eigenvalue weighted by Gasteiger charge is 2.38. The van der Waals surface area contributed by atoms with Crippen molar-refractivity contribution in [3.63, 3.8) is 0 Å². The smallest absolute Gasteiger partial charge is 0.364 e. The summed E-state index contributed by atoms with van der Waals surface area (Å²) in [5.41, 5.74) is 1.12. The van der Waals surface area contributed by atoms with E-state index in [2.05, 4.69) is 0 Å². The Morgan fingerprint density at radius 2 is 2.00 bits per heavy atom. The van der Waals surface area contributed by atoms with Gasteiger partial charge in [-0.25, -0.2) is 9.59 Å². The van der Waals surface area contributed by atoms with Crippen molar-refractivity contribution in [2.75, 3.05) is 13.2 Å². The zero-order valence-corrected chi connectivity index (χ0v) is 16.0. The minimum Gasteiger partial charge on any atom is -0.480 e. The average Bonchev–Trinajstić information content (AvgIpc) is 3.15. The number of nitrogens with two attached hydrogens (primary N) is 1. The van der Waals surface area contributed by atoms with Crippen LogP contribution in [0.25, 0.3) is 0 Å². The van der Waals surface area contributed by atoms with E-state index in [1.54, 1.807) is 19.2 Å². The molecule has 1 aliphatic rings. The lowest BCUT2D eigenvalue weighted by molar-refractivity contribution is -0.697. The van der Waals surface area contributed by atoms with Gasteiger partial charge in [0.15, 0.2) is 12.1 Å². The molecule has 3 N–H and O–H groups in total. The first-order chi connectivity index (χ1) is 12.9. The molecule has 1 fully saturated rings. The Bertz CT molecular complexity index is 649. The van der Waals surface area contributed by atoms with Crippen molar-refractivity contribution in [3.05, 3.63) is 35.9 Å². The van der Waals surface area contributed by atoms with Crippen LogP contribution in [0.4, 0.5) is 0 Å². The van der Waals surface area contributed by atoms with Crippen molar-refractivity contribution in [3.8, 4) is 0 Å². The number of carboxylic acids is 1. The Balaban J connectivity index is 2.01. The Hall–Kier alpha value is -2.41. The summed E-state index contributed by atoms with van der Waals surface area (Å²) in [4.78, 5) is 37.8. The molecule has 1 heterocycles. The van der Waals surface area contributed by atoms with Crippen LogP contribution in [0.2, 0.25) is 0 Å². The summed E-state index contributed by atoms with van der Waals surface area (Å²) < 4.78 is 5.17. The molecule has 0 aliphatic carbocycles. The largest absolute Gasteiger partial charge is 0.480 e. The van der Waals surface area contributed by atoms with Crippen LogP contribution in [-0.4, -0.2) is 59.1 Å². The second-order valence-electron chi connectivity index (χ2n) is 6.89. The van der Waals surface area contributed by atoms with Gasteiger partial charge in [-0.15, -0.1) is 0 Å². The highest BCUT2D eigenvalue weighted by Crippen LogP contribution is 2.18. The number of aryl methyl sites for hydroxylation is 1. The standard InChI is InChI=1S/C20H28N2O5/c1-3-27-20(26)16(12-11-15-8-5-4-6-9-15)21-14(2)18(23)22-13-7-10-17(22)19(24)25/h4-6,8-9,14,16-17,21H,3,7,10-13H2,1-2H3,(H,24,25)/p+1. The molecule has 1 aromatic rings. The number of rotatable bonds is 9. The molecular weight excluding hydrogens is 348 g/mol. The zero-order chi connectivity index (χ0) is 19.8. The molecule has 27 heavy (non-hydrogen) atoms.